The fourth-order valence-corrected chi connectivity index (χ4v) is 4.88. The maximum atomic E-state index is 13.3. The number of nitriles is 2. The number of nitrogens with one attached hydrogen (secondary N) is 1. The summed E-state index contributed by atoms with van der Waals surface area (Å²) in [7, 11) is 1.56. The molecule has 3 heterocycles. The number of amides is 1. The number of aromatic nitrogens is 3. The van der Waals surface area contributed by atoms with Crippen molar-refractivity contribution in [2.75, 3.05) is 5.32 Å². The van der Waals surface area contributed by atoms with E-state index >= 15 is 0 Å². The van der Waals surface area contributed by atoms with Crippen molar-refractivity contribution in [1.82, 2.24) is 14.5 Å². The Morgan fingerprint density at radius 3 is 2.49 bits per heavy atom. The predicted molar refractivity (Wildman–Crippen MR) is 142 cm³/mol. The summed E-state index contributed by atoms with van der Waals surface area (Å²) in [5.41, 5.74) is 4.99. The zero-order valence-electron chi connectivity index (χ0n) is 19.8. The summed E-state index contributed by atoms with van der Waals surface area (Å²) in [6.07, 6.45) is 3.07. The number of nitrogens with zero attached hydrogens (tertiary/aromatic N) is 5. The van der Waals surface area contributed by atoms with Crippen LogP contribution in [0.15, 0.2) is 71.8 Å². The lowest BCUT2D eigenvalue weighted by Crippen LogP contribution is -2.19. The van der Waals surface area contributed by atoms with Gasteiger partial charge in [0.1, 0.15) is 11.6 Å². The highest BCUT2D eigenvalue weighted by molar-refractivity contribution is 7.22. The van der Waals surface area contributed by atoms with Gasteiger partial charge in [-0.05, 0) is 60.0 Å². The molecule has 0 saturated carbocycles. The van der Waals surface area contributed by atoms with Crippen LogP contribution in [0.1, 0.15) is 27.2 Å². The molecule has 8 nitrogen and oxygen atoms in total. The average molecular weight is 503 g/mol. The summed E-state index contributed by atoms with van der Waals surface area (Å²) in [5.74, 6) is -0.402. The number of benzene rings is 2. The minimum absolute atomic E-state index is 0.00920. The molecule has 0 unspecified atom stereocenters. The Hall–Kier alpha value is -5.12. The molecule has 9 heteroatoms. The molecule has 0 atom stereocenters. The first-order valence-corrected chi connectivity index (χ1v) is 12.0. The molecule has 0 radical (unpaired) electrons. The van der Waals surface area contributed by atoms with Crippen LogP contribution in [-0.4, -0.2) is 20.4 Å². The summed E-state index contributed by atoms with van der Waals surface area (Å²) in [6.45, 7) is 1.80. The number of rotatable bonds is 4. The van der Waals surface area contributed by atoms with Gasteiger partial charge in [-0.3, -0.25) is 19.9 Å². The van der Waals surface area contributed by atoms with Gasteiger partial charge >= 0.3 is 0 Å². The molecular weight excluding hydrogens is 484 g/mol. The lowest BCUT2D eigenvalue weighted by molar-refractivity contribution is 0.102. The number of aryl methyl sites for hydroxylation is 2. The second-order valence-corrected chi connectivity index (χ2v) is 9.42. The zero-order chi connectivity index (χ0) is 26.1. The summed E-state index contributed by atoms with van der Waals surface area (Å²) < 4.78 is 2.22. The molecule has 0 aliphatic rings. The third-order valence-corrected chi connectivity index (χ3v) is 6.79. The Morgan fingerprint density at radius 1 is 1.00 bits per heavy atom. The fourth-order valence-electron chi connectivity index (χ4n) is 3.98. The smallest absolute Gasteiger partial charge is 0.268 e. The maximum Gasteiger partial charge on any atom is 0.268 e. The van der Waals surface area contributed by atoms with Gasteiger partial charge in [0, 0.05) is 30.7 Å². The average Bonchev–Trinajstić information content (AvgIpc) is 3.31. The van der Waals surface area contributed by atoms with E-state index in [-0.39, 0.29) is 5.56 Å². The first-order valence-electron chi connectivity index (χ1n) is 11.2. The number of anilines is 1. The number of pyridine rings is 2. The summed E-state index contributed by atoms with van der Waals surface area (Å²) >= 11 is 1.35. The molecule has 0 aliphatic heterocycles. The minimum atomic E-state index is -0.405. The molecule has 5 aromatic rings. The van der Waals surface area contributed by atoms with Gasteiger partial charge in [0.05, 0.1) is 27.4 Å². The van der Waals surface area contributed by atoms with E-state index in [2.05, 4.69) is 21.4 Å². The molecule has 0 bridgehead atoms. The van der Waals surface area contributed by atoms with E-state index < -0.39 is 11.5 Å². The maximum absolute atomic E-state index is 13.3. The third kappa shape index (κ3) is 4.59. The first kappa shape index (κ1) is 23.6. The van der Waals surface area contributed by atoms with E-state index in [9.17, 15) is 14.9 Å². The lowest BCUT2D eigenvalue weighted by atomic mass is 10.0. The predicted octanol–water partition coefficient (Wildman–Crippen LogP) is 5.03. The van der Waals surface area contributed by atoms with E-state index in [1.165, 1.54) is 28.2 Å². The Kier molecular flexibility index (Phi) is 6.06. The second-order valence-electron chi connectivity index (χ2n) is 8.39. The van der Waals surface area contributed by atoms with Crippen LogP contribution in [0.2, 0.25) is 0 Å². The van der Waals surface area contributed by atoms with Gasteiger partial charge < -0.3 is 4.57 Å². The molecule has 1 amide bonds. The standard InChI is InChI=1S/C28H18N6O2S/c1-16-9-22(21-10-20(13-30)27(36)34(2)15-21)23(14-31-16)26(35)33-28-32-24-8-7-19(11-25(24)37-28)18-5-3-17(12-29)4-6-18/h3-11,14-15H,1-2H3,(H,32,33,35). The van der Waals surface area contributed by atoms with Crippen molar-refractivity contribution in [2.24, 2.45) is 7.05 Å². The van der Waals surface area contributed by atoms with Gasteiger partial charge in [0.15, 0.2) is 5.13 Å². The summed E-state index contributed by atoms with van der Waals surface area (Å²) in [5, 5.41) is 21.7. The third-order valence-electron chi connectivity index (χ3n) is 5.86. The van der Waals surface area contributed by atoms with Crippen molar-refractivity contribution < 1.29 is 4.79 Å². The van der Waals surface area contributed by atoms with Crippen LogP contribution in [0.5, 0.6) is 0 Å². The van der Waals surface area contributed by atoms with Crippen LogP contribution in [0.3, 0.4) is 0 Å². The highest BCUT2D eigenvalue weighted by atomic mass is 32.1. The van der Waals surface area contributed by atoms with Crippen molar-refractivity contribution in [3.8, 4) is 34.4 Å². The fraction of sp³-hybridized carbons (Fsp3) is 0.0714. The molecule has 178 valence electrons. The minimum Gasteiger partial charge on any atom is -0.317 e. The van der Waals surface area contributed by atoms with Gasteiger partial charge in [-0.15, -0.1) is 0 Å². The molecule has 3 aromatic heterocycles. The van der Waals surface area contributed by atoms with E-state index in [1.807, 2.05) is 36.4 Å². The zero-order valence-corrected chi connectivity index (χ0v) is 20.6. The quantitative estimate of drug-likeness (QED) is 0.368. The van der Waals surface area contributed by atoms with E-state index in [0.717, 1.165) is 21.3 Å². The highest BCUT2D eigenvalue weighted by Gasteiger charge is 2.18. The number of hydrogen-bond donors (Lipinski definition) is 1. The molecule has 0 spiro atoms. The number of carbonyl (C=O) groups excluding carboxylic acids is 1. The van der Waals surface area contributed by atoms with Gasteiger partial charge in [-0.2, -0.15) is 10.5 Å². The van der Waals surface area contributed by atoms with Crippen LogP contribution in [0, 0.1) is 29.6 Å². The number of carbonyl (C=O) groups is 1. The Bertz CT molecular complexity index is 1840. The number of hydrogen-bond acceptors (Lipinski definition) is 7. The molecule has 0 aliphatic carbocycles. The van der Waals surface area contributed by atoms with Crippen molar-refractivity contribution in [3.05, 3.63) is 99.7 Å². The normalized spacial score (nSPS) is 10.6. The topological polar surface area (TPSA) is 124 Å². The van der Waals surface area contributed by atoms with E-state index in [4.69, 9.17) is 5.26 Å². The van der Waals surface area contributed by atoms with Crippen molar-refractivity contribution in [1.29, 1.82) is 10.5 Å². The Morgan fingerprint density at radius 2 is 1.76 bits per heavy atom. The number of fused-ring (bicyclic) bond motifs is 1. The molecule has 0 saturated heterocycles. The van der Waals surface area contributed by atoms with Crippen molar-refractivity contribution in [3.63, 3.8) is 0 Å². The van der Waals surface area contributed by atoms with Crippen molar-refractivity contribution in [2.45, 2.75) is 6.92 Å². The van der Waals surface area contributed by atoms with Crippen molar-refractivity contribution >= 4 is 32.6 Å². The summed E-state index contributed by atoms with van der Waals surface area (Å²) in [6, 6.07) is 20.4. The summed E-state index contributed by atoms with van der Waals surface area (Å²) in [4.78, 5) is 34.3. The highest BCUT2D eigenvalue weighted by Crippen LogP contribution is 2.32. The molecule has 0 fully saturated rings. The molecule has 5 rings (SSSR count). The molecule has 2 aromatic carbocycles. The van der Waals surface area contributed by atoms with Crippen LogP contribution in [-0.2, 0) is 7.05 Å². The second kappa shape index (κ2) is 9.50. The van der Waals surface area contributed by atoms with Crippen LogP contribution in [0.25, 0.3) is 32.5 Å². The van der Waals surface area contributed by atoms with Gasteiger partial charge in [-0.1, -0.05) is 29.5 Å². The number of thiazole rings is 1. The Labute approximate surface area is 215 Å². The first-order chi connectivity index (χ1) is 17.9. The Balaban J connectivity index is 1.47. The SMILES string of the molecule is Cc1cc(-c2cc(C#N)c(=O)n(C)c2)c(C(=O)Nc2nc3ccc(-c4ccc(C#N)cc4)cc3s2)cn1. The van der Waals surface area contributed by atoms with E-state index in [0.29, 0.717) is 33.1 Å². The van der Waals surface area contributed by atoms with Gasteiger partial charge in [0.2, 0.25) is 0 Å². The molecule has 1 N–H and O–H groups in total. The molecule has 37 heavy (non-hydrogen) atoms. The van der Waals surface area contributed by atoms with Gasteiger partial charge in [0.25, 0.3) is 11.5 Å². The van der Waals surface area contributed by atoms with Crippen LogP contribution in [0.4, 0.5) is 5.13 Å². The van der Waals surface area contributed by atoms with E-state index in [1.54, 1.807) is 38.4 Å². The largest absolute Gasteiger partial charge is 0.317 e. The monoisotopic (exact) mass is 502 g/mol. The van der Waals surface area contributed by atoms with Crippen LogP contribution < -0.4 is 10.9 Å². The van der Waals surface area contributed by atoms with Crippen LogP contribution >= 0.6 is 11.3 Å². The lowest BCUT2D eigenvalue weighted by Gasteiger charge is -2.11. The molecular formula is C28H18N6O2S. The van der Waals surface area contributed by atoms with Gasteiger partial charge in [-0.25, -0.2) is 4.98 Å².